The van der Waals surface area contributed by atoms with Crippen LogP contribution in [0.1, 0.15) is 18.9 Å². The van der Waals surface area contributed by atoms with Gasteiger partial charge in [0.15, 0.2) is 0 Å². The van der Waals surface area contributed by atoms with Crippen LogP contribution in [-0.2, 0) is 11.3 Å². The van der Waals surface area contributed by atoms with Crippen molar-refractivity contribution in [3.63, 3.8) is 0 Å². The summed E-state index contributed by atoms with van der Waals surface area (Å²) in [6.45, 7) is 1.43. The highest BCUT2D eigenvalue weighted by atomic mass is 16.2. The van der Waals surface area contributed by atoms with Gasteiger partial charge in [0.1, 0.15) is 12.1 Å². The number of carbonyl (C=O) groups excluding carboxylic acids is 1. The van der Waals surface area contributed by atoms with Gasteiger partial charge in [-0.2, -0.15) is 0 Å². The largest absolute Gasteiger partial charge is 0.341 e. The number of piperidine rings is 1. The van der Waals surface area contributed by atoms with Crippen LogP contribution in [0.4, 0.5) is 0 Å². The van der Waals surface area contributed by atoms with Gasteiger partial charge in [0.05, 0.1) is 16.6 Å². The van der Waals surface area contributed by atoms with Crippen molar-refractivity contribution < 1.29 is 4.79 Å². The van der Waals surface area contributed by atoms with E-state index in [-0.39, 0.29) is 24.2 Å². The summed E-state index contributed by atoms with van der Waals surface area (Å²) in [5.41, 5.74) is 3.33. The van der Waals surface area contributed by atoms with Gasteiger partial charge in [-0.05, 0) is 37.1 Å². The normalized spacial score (nSPS) is 15.5. The van der Waals surface area contributed by atoms with E-state index >= 15 is 0 Å². The molecular formula is C20H20N6O2. The highest BCUT2D eigenvalue weighted by Gasteiger charge is 2.26. The number of nitrogens with zero attached hydrogens (tertiary/aromatic N) is 5. The summed E-state index contributed by atoms with van der Waals surface area (Å²) in [6.07, 6.45) is 1.51. The summed E-state index contributed by atoms with van der Waals surface area (Å²) >= 11 is 0. The number of hydrogen-bond donors (Lipinski definition) is 1. The Morgan fingerprint density at radius 2 is 1.75 bits per heavy atom. The fourth-order valence-corrected chi connectivity index (χ4v) is 4.07. The summed E-state index contributed by atoms with van der Waals surface area (Å²) in [4.78, 5) is 29.9. The topological polar surface area (TPSA) is 88.8 Å². The zero-order valence-corrected chi connectivity index (χ0v) is 15.3. The van der Waals surface area contributed by atoms with E-state index in [2.05, 4.69) is 15.3 Å². The highest BCUT2D eigenvalue weighted by molar-refractivity contribution is 5.80. The van der Waals surface area contributed by atoms with Crippen LogP contribution in [-0.4, -0.2) is 48.4 Å². The van der Waals surface area contributed by atoms with Gasteiger partial charge in [-0.3, -0.25) is 9.36 Å². The monoisotopic (exact) mass is 376 g/mol. The molecule has 1 amide bonds. The molecule has 0 radical (unpaired) electrons. The van der Waals surface area contributed by atoms with Crippen LogP contribution < -0.4 is 5.69 Å². The second-order valence-corrected chi connectivity index (χ2v) is 7.17. The van der Waals surface area contributed by atoms with Crippen LogP contribution in [0.15, 0.2) is 53.3 Å². The van der Waals surface area contributed by atoms with Crippen molar-refractivity contribution in [2.75, 3.05) is 13.1 Å². The fraction of sp³-hybridized carbons (Fsp3) is 0.300. The van der Waals surface area contributed by atoms with E-state index in [0.29, 0.717) is 13.1 Å². The Morgan fingerprint density at radius 3 is 2.57 bits per heavy atom. The molecular weight excluding hydrogens is 356 g/mol. The maximum absolute atomic E-state index is 12.7. The molecule has 3 heterocycles. The number of benzene rings is 2. The van der Waals surface area contributed by atoms with Crippen LogP contribution in [0.2, 0.25) is 0 Å². The first-order chi connectivity index (χ1) is 13.7. The van der Waals surface area contributed by atoms with Crippen LogP contribution >= 0.6 is 0 Å². The second-order valence-electron chi connectivity index (χ2n) is 7.17. The minimum absolute atomic E-state index is 0.0281. The Labute approximate surface area is 160 Å². The number of likely N-dealkylation sites (tertiary alicyclic amines) is 1. The Balaban J connectivity index is 1.29. The second kappa shape index (κ2) is 6.63. The lowest BCUT2D eigenvalue weighted by atomic mass is 10.0. The Hall–Kier alpha value is -3.42. The Bertz CT molecular complexity index is 1210. The van der Waals surface area contributed by atoms with Crippen LogP contribution in [0, 0.1) is 0 Å². The van der Waals surface area contributed by atoms with Crippen LogP contribution in [0.5, 0.6) is 0 Å². The number of fused-ring (bicyclic) bond motifs is 2. The average molecular weight is 376 g/mol. The molecule has 4 aromatic rings. The quantitative estimate of drug-likeness (QED) is 0.592. The van der Waals surface area contributed by atoms with Gasteiger partial charge in [-0.15, -0.1) is 5.10 Å². The summed E-state index contributed by atoms with van der Waals surface area (Å²) in [5, 5.41) is 8.20. The molecule has 0 atom stereocenters. The lowest BCUT2D eigenvalue weighted by molar-refractivity contribution is -0.133. The summed E-state index contributed by atoms with van der Waals surface area (Å²) in [5.74, 6) is 0.0281. The molecule has 0 bridgehead atoms. The minimum atomic E-state index is -0.0833. The van der Waals surface area contributed by atoms with E-state index in [0.717, 1.165) is 34.9 Å². The van der Waals surface area contributed by atoms with Crippen LogP contribution in [0.25, 0.3) is 22.1 Å². The van der Waals surface area contributed by atoms with Gasteiger partial charge >= 0.3 is 5.69 Å². The van der Waals surface area contributed by atoms with E-state index in [4.69, 9.17) is 0 Å². The summed E-state index contributed by atoms with van der Waals surface area (Å²) in [6, 6.07) is 15.4. The first kappa shape index (κ1) is 16.7. The maximum Gasteiger partial charge on any atom is 0.326 e. The SMILES string of the molecule is O=C(Cn1nnc2ccccc21)N1CCC(n2c(=O)[nH]c3ccccc32)CC1. The molecule has 2 aromatic heterocycles. The number of rotatable bonds is 3. The molecule has 1 aliphatic rings. The number of carbonyl (C=O) groups is 1. The van der Waals surface area contributed by atoms with Crippen LogP contribution in [0.3, 0.4) is 0 Å². The highest BCUT2D eigenvalue weighted by Crippen LogP contribution is 2.25. The van der Waals surface area contributed by atoms with Gasteiger partial charge in [-0.25, -0.2) is 9.48 Å². The first-order valence-corrected chi connectivity index (χ1v) is 9.46. The minimum Gasteiger partial charge on any atom is -0.341 e. The summed E-state index contributed by atoms with van der Waals surface area (Å²) < 4.78 is 3.48. The predicted octanol–water partition coefficient (Wildman–Crippen LogP) is 1.94. The van der Waals surface area contributed by atoms with Gasteiger partial charge in [-0.1, -0.05) is 29.5 Å². The van der Waals surface area contributed by atoms with Crippen molar-refractivity contribution in [2.45, 2.75) is 25.4 Å². The molecule has 5 rings (SSSR count). The number of aromatic nitrogens is 5. The van der Waals surface area contributed by atoms with Crippen molar-refractivity contribution in [3.05, 3.63) is 59.0 Å². The molecule has 1 fully saturated rings. The lowest BCUT2D eigenvalue weighted by Gasteiger charge is -2.32. The number of para-hydroxylation sites is 3. The summed E-state index contributed by atoms with van der Waals surface area (Å²) in [7, 11) is 0. The first-order valence-electron chi connectivity index (χ1n) is 9.46. The molecule has 1 aliphatic heterocycles. The molecule has 0 unspecified atom stereocenters. The van der Waals surface area contributed by atoms with E-state index in [1.54, 1.807) is 4.68 Å². The van der Waals surface area contributed by atoms with Crippen molar-refractivity contribution in [3.8, 4) is 0 Å². The number of aromatic amines is 1. The van der Waals surface area contributed by atoms with Gasteiger partial charge in [0.2, 0.25) is 5.91 Å². The smallest absolute Gasteiger partial charge is 0.326 e. The van der Waals surface area contributed by atoms with Gasteiger partial charge in [0.25, 0.3) is 0 Å². The number of nitrogens with one attached hydrogen (secondary N) is 1. The number of imidazole rings is 1. The number of amides is 1. The van der Waals surface area contributed by atoms with Gasteiger partial charge in [0, 0.05) is 19.1 Å². The van der Waals surface area contributed by atoms with E-state index in [9.17, 15) is 9.59 Å². The lowest BCUT2D eigenvalue weighted by Crippen LogP contribution is -2.42. The molecule has 8 nitrogen and oxygen atoms in total. The molecule has 1 saturated heterocycles. The molecule has 8 heteroatoms. The van der Waals surface area contributed by atoms with Gasteiger partial charge < -0.3 is 9.88 Å². The molecule has 1 N–H and O–H groups in total. The Kier molecular flexibility index (Phi) is 3.96. The third-order valence-electron chi connectivity index (χ3n) is 5.51. The predicted molar refractivity (Wildman–Crippen MR) is 105 cm³/mol. The van der Waals surface area contributed by atoms with E-state index < -0.39 is 0 Å². The molecule has 0 spiro atoms. The standard InChI is InChI=1S/C20H20N6O2/c27-19(13-25-17-7-3-2-6-16(17)22-23-25)24-11-9-14(10-12-24)26-18-8-4-1-5-15(18)21-20(26)28/h1-8,14H,9-13H2,(H,21,28). The van der Waals surface area contributed by atoms with E-state index in [1.165, 1.54) is 0 Å². The zero-order chi connectivity index (χ0) is 19.1. The third kappa shape index (κ3) is 2.77. The third-order valence-corrected chi connectivity index (χ3v) is 5.51. The Morgan fingerprint density at radius 1 is 1.04 bits per heavy atom. The molecule has 2 aromatic carbocycles. The molecule has 0 saturated carbocycles. The fourth-order valence-electron chi connectivity index (χ4n) is 4.07. The van der Waals surface area contributed by atoms with Crippen molar-refractivity contribution in [1.82, 2.24) is 29.4 Å². The average Bonchev–Trinajstić information content (AvgIpc) is 3.28. The number of H-pyrrole nitrogens is 1. The molecule has 0 aliphatic carbocycles. The van der Waals surface area contributed by atoms with Crippen molar-refractivity contribution >= 4 is 28.0 Å². The van der Waals surface area contributed by atoms with E-state index in [1.807, 2.05) is 58.0 Å². The van der Waals surface area contributed by atoms with Crippen molar-refractivity contribution in [1.29, 1.82) is 0 Å². The molecule has 142 valence electrons. The number of hydrogen-bond acceptors (Lipinski definition) is 4. The van der Waals surface area contributed by atoms with Crippen molar-refractivity contribution in [2.24, 2.45) is 0 Å². The maximum atomic E-state index is 12.7. The molecule has 28 heavy (non-hydrogen) atoms. The zero-order valence-electron chi connectivity index (χ0n) is 15.3.